The highest BCUT2D eigenvalue weighted by molar-refractivity contribution is 6.33. The molecule has 0 aliphatic rings. The summed E-state index contributed by atoms with van der Waals surface area (Å²) in [7, 11) is 1.83. The summed E-state index contributed by atoms with van der Waals surface area (Å²) in [5, 5.41) is 11.9. The van der Waals surface area contributed by atoms with E-state index in [1.807, 2.05) is 38.2 Å². The fraction of sp³-hybridized carbons (Fsp3) is 0. The molecule has 3 rings (SSSR count). The number of anilines is 1. The largest absolute Gasteiger partial charge is 0.478 e. The molecule has 5 nitrogen and oxygen atoms in total. The van der Waals surface area contributed by atoms with Crippen molar-refractivity contribution in [2.24, 2.45) is 0 Å². The molecule has 1 aromatic heterocycles. The van der Waals surface area contributed by atoms with E-state index in [4.69, 9.17) is 0 Å². The molecule has 0 atom stereocenters. The zero-order valence-electron chi connectivity index (χ0n) is 13.6. The first-order valence-corrected chi connectivity index (χ1v) is 7.70. The normalized spacial score (nSPS) is 10.2. The van der Waals surface area contributed by atoms with Gasteiger partial charge in [0.15, 0.2) is 0 Å². The van der Waals surface area contributed by atoms with Crippen molar-refractivity contribution in [1.82, 2.24) is 4.98 Å². The molecule has 1 heterocycles. The first-order chi connectivity index (χ1) is 12.0. The number of nitrogens with zero attached hydrogens (tertiary/aromatic N) is 1. The molecule has 0 bridgehead atoms. The van der Waals surface area contributed by atoms with E-state index in [1.54, 1.807) is 24.4 Å². The van der Waals surface area contributed by atoms with Crippen molar-refractivity contribution >= 4 is 30.9 Å². The number of hydrogen-bond donors (Lipinski definition) is 2. The summed E-state index contributed by atoms with van der Waals surface area (Å²) in [5.41, 5.74) is 3.30. The number of carboxylic acid groups (broad SMARTS) is 1. The highest BCUT2D eigenvalue weighted by atomic mass is 16.4. The second-order valence-corrected chi connectivity index (χ2v) is 5.64. The molecule has 25 heavy (non-hydrogen) atoms. The van der Waals surface area contributed by atoms with Crippen LogP contribution in [0.4, 0.5) is 5.69 Å². The summed E-state index contributed by atoms with van der Waals surface area (Å²) >= 11 is 0. The van der Waals surface area contributed by atoms with Crippen LogP contribution in [0.3, 0.4) is 0 Å². The van der Waals surface area contributed by atoms with Crippen molar-refractivity contribution in [3.05, 3.63) is 78.1 Å². The molecular formula is C19H15BN2O3. The summed E-state index contributed by atoms with van der Waals surface area (Å²) < 4.78 is 0. The first kappa shape index (κ1) is 16.5. The van der Waals surface area contributed by atoms with Crippen LogP contribution in [0.25, 0.3) is 11.1 Å². The molecule has 6 heteroatoms. The number of aromatic carboxylic acids is 1. The molecule has 0 fully saturated rings. The molecule has 1 amide bonds. The van der Waals surface area contributed by atoms with Crippen molar-refractivity contribution < 1.29 is 14.7 Å². The van der Waals surface area contributed by atoms with Crippen molar-refractivity contribution in [2.75, 3.05) is 5.32 Å². The second kappa shape index (κ2) is 7.01. The smallest absolute Gasteiger partial charge is 0.337 e. The topological polar surface area (TPSA) is 79.3 Å². The number of amides is 1. The molecule has 0 saturated carbocycles. The van der Waals surface area contributed by atoms with E-state index < -0.39 is 11.9 Å². The lowest BCUT2D eigenvalue weighted by atomic mass is 9.94. The van der Waals surface area contributed by atoms with Gasteiger partial charge < -0.3 is 10.4 Å². The van der Waals surface area contributed by atoms with Crippen LogP contribution in [0.5, 0.6) is 0 Å². The third-order valence-electron chi connectivity index (χ3n) is 3.76. The number of nitrogens with one attached hydrogen (secondary N) is 1. The third kappa shape index (κ3) is 3.75. The number of benzene rings is 2. The standard InChI is InChI=1S/C19H15BN2O3/c20-15-6-7-16(19(24)25)17(9-15)22-18(23)14-8-13(10-21-11-14)12-4-2-1-3-5-12/h1-11H,20H2,(H,22,23)(H,24,25). The number of pyridine rings is 1. The van der Waals surface area contributed by atoms with Crippen LogP contribution >= 0.6 is 0 Å². The van der Waals surface area contributed by atoms with E-state index in [9.17, 15) is 14.7 Å². The van der Waals surface area contributed by atoms with Crippen molar-refractivity contribution in [1.29, 1.82) is 0 Å². The molecule has 0 radical (unpaired) electrons. The van der Waals surface area contributed by atoms with Gasteiger partial charge in [0.2, 0.25) is 0 Å². The van der Waals surface area contributed by atoms with Gasteiger partial charge in [0, 0.05) is 18.0 Å². The summed E-state index contributed by atoms with van der Waals surface area (Å²) in [5.74, 6) is -1.50. The molecule has 0 unspecified atom stereocenters. The lowest BCUT2D eigenvalue weighted by Gasteiger charge is -2.10. The number of carbonyl (C=O) groups excluding carboxylic acids is 1. The predicted molar refractivity (Wildman–Crippen MR) is 99.2 cm³/mol. The number of carbonyl (C=O) groups is 2. The van der Waals surface area contributed by atoms with Crippen LogP contribution in [0.15, 0.2) is 67.0 Å². The van der Waals surface area contributed by atoms with Gasteiger partial charge in [0.05, 0.1) is 16.8 Å². The van der Waals surface area contributed by atoms with Crippen molar-refractivity contribution in [3.63, 3.8) is 0 Å². The fourth-order valence-electron chi connectivity index (χ4n) is 2.50. The van der Waals surface area contributed by atoms with Gasteiger partial charge in [-0.1, -0.05) is 41.9 Å². The van der Waals surface area contributed by atoms with Gasteiger partial charge in [-0.25, -0.2) is 4.79 Å². The molecule has 0 aliphatic carbocycles. The van der Waals surface area contributed by atoms with Gasteiger partial charge in [0.1, 0.15) is 7.85 Å². The highest BCUT2D eigenvalue weighted by Gasteiger charge is 2.14. The Kier molecular flexibility index (Phi) is 4.61. The van der Waals surface area contributed by atoms with Gasteiger partial charge in [-0.15, -0.1) is 0 Å². The van der Waals surface area contributed by atoms with Crippen LogP contribution in [0, 0.1) is 0 Å². The summed E-state index contributed by atoms with van der Waals surface area (Å²) in [6.07, 6.45) is 3.14. The highest BCUT2D eigenvalue weighted by Crippen LogP contribution is 2.20. The Balaban J connectivity index is 1.90. The Morgan fingerprint density at radius 3 is 2.44 bits per heavy atom. The SMILES string of the molecule is Bc1ccc(C(=O)O)c(NC(=O)c2cncc(-c3ccccc3)c2)c1. The molecular weight excluding hydrogens is 315 g/mol. The van der Waals surface area contributed by atoms with Crippen LogP contribution < -0.4 is 10.8 Å². The van der Waals surface area contributed by atoms with Crippen LogP contribution in [-0.2, 0) is 0 Å². The van der Waals surface area contributed by atoms with E-state index >= 15 is 0 Å². The number of aromatic nitrogens is 1. The maximum absolute atomic E-state index is 12.5. The van der Waals surface area contributed by atoms with Crippen LogP contribution in [0.1, 0.15) is 20.7 Å². The summed E-state index contributed by atoms with van der Waals surface area (Å²) in [6, 6.07) is 16.1. The maximum Gasteiger partial charge on any atom is 0.337 e. The molecule has 0 saturated heterocycles. The zero-order chi connectivity index (χ0) is 17.8. The van der Waals surface area contributed by atoms with E-state index in [1.165, 1.54) is 12.3 Å². The molecule has 0 spiro atoms. The van der Waals surface area contributed by atoms with Gasteiger partial charge in [-0.3, -0.25) is 9.78 Å². The number of carboxylic acids is 1. The van der Waals surface area contributed by atoms with Crippen molar-refractivity contribution in [3.8, 4) is 11.1 Å². The van der Waals surface area contributed by atoms with Gasteiger partial charge in [-0.2, -0.15) is 0 Å². The minimum atomic E-state index is -1.09. The Morgan fingerprint density at radius 1 is 0.960 bits per heavy atom. The molecule has 2 N–H and O–H groups in total. The van der Waals surface area contributed by atoms with E-state index in [0.29, 0.717) is 5.56 Å². The monoisotopic (exact) mass is 330 g/mol. The van der Waals surface area contributed by atoms with E-state index in [0.717, 1.165) is 16.6 Å². The predicted octanol–water partition coefficient (Wildman–Crippen LogP) is 1.96. The Bertz CT molecular complexity index is 942. The van der Waals surface area contributed by atoms with Gasteiger partial charge >= 0.3 is 5.97 Å². The molecule has 2 aromatic carbocycles. The Labute approximate surface area is 145 Å². The lowest BCUT2D eigenvalue weighted by molar-refractivity contribution is 0.0698. The fourth-order valence-corrected chi connectivity index (χ4v) is 2.50. The van der Waals surface area contributed by atoms with E-state index in [2.05, 4.69) is 10.3 Å². The Hall–Kier alpha value is -3.41. The van der Waals surface area contributed by atoms with E-state index in [-0.39, 0.29) is 11.3 Å². The van der Waals surface area contributed by atoms with Gasteiger partial charge in [0.25, 0.3) is 5.91 Å². The zero-order valence-corrected chi connectivity index (χ0v) is 13.6. The van der Waals surface area contributed by atoms with Crippen molar-refractivity contribution in [2.45, 2.75) is 0 Å². The first-order valence-electron chi connectivity index (χ1n) is 7.70. The average Bonchev–Trinajstić information content (AvgIpc) is 2.62. The Morgan fingerprint density at radius 2 is 1.72 bits per heavy atom. The molecule has 122 valence electrons. The molecule has 3 aromatic rings. The lowest BCUT2D eigenvalue weighted by Crippen LogP contribution is -2.17. The third-order valence-corrected chi connectivity index (χ3v) is 3.76. The van der Waals surface area contributed by atoms with Gasteiger partial charge in [-0.05, 0) is 23.8 Å². The summed E-state index contributed by atoms with van der Waals surface area (Å²) in [4.78, 5) is 28.0. The second-order valence-electron chi connectivity index (χ2n) is 5.64. The number of hydrogen-bond acceptors (Lipinski definition) is 3. The average molecular weight is 330 g/mol. The van der Waals surface area contributed by atoms with Crippen LogP contribution in [0.2, 0.25) is 0 Å². The number of rotatable bonds is 4. The quantitative estimate of drug-likeness (QED) is 0.717. The molecule has 0 aliphatic heterocycles. The minimum absolute atomic E-state index is 0.0473. The summed E-state index contributed by atoms with van der Waals surface area (Å²) in [6.45, 7) is 0. The van der Waals surface area contributed by atoms with Crippen LogP contribution in [-0.4, -0.2) is 29.8 Å². The minimum Gasteiger partial charge on any atom is -0.478 e. The maximum atomic E-state index is 12.5.